The molecule has 0 aromatic rings. The molecule has 1 saturated carbocycles. The van der Waals surface area contributed by atoms with E-state index in [1.165, 1.54) is 45.2 Å². The van der Waals surface area contributed by atoms with Crippen molar-refractivity contribution in [3.05, 3.63) is 0 Å². The van der Waals surface area contributed by atoms with Crippen LogP contribution >= 0.6 is 0 Å². The smallest absolute Gasteiger partial charge is 0.0102 e. The minimum absolute atomic E-state index is 0.807. The second kappa shape index (κ2) is 4.63. The molecule has 1 N–H and O–H groups in total. The highest BCUT2D eigenvalue weighted by Crippen LogP contribution is 2.34. The van der Waals surface area contributed by atoms with E-state index >= 15 is 0 Å². The van der Waals surface area contributed by atoms with E-state index in [9.17, 15) is 0 Å². The minimum Gasteiger partial charge on any atom is -0.311 e. The molecule has 3 atom stereocenters. The zero-order valence-electron chi connectivity index (χ0n) is 9.63. The quantitative estimate of drug-likeness (QED) is 0.741. The van der Waals surface area contributed by atoms with Gasteiger partial charge in [-0.2, -0.15) is 0 Å². The summed E-state index contributed by atoms with van der Waals surface area (Å²) < 4.78 is 0. The molecular weight excluding hydrogens is 172 g/mol. The second-order valence-electron chi connectivity index (χ2n) is 5.11. The third-order valence-corrected chi connectivity index (χ3v) is 3.85. The van der Waals surface area contributed by atoms with Crippen LogP contribution in [-0.4, -0.2) is 37.1 Å². The van der Waals surface area contributed by atoms with Gasteiger partial charge < -0.3 is 10.2 Å². The molecule has 2 rings (SSSR count). The topological polar surface area (TPSA) is 15.3 Å². The van der Waals surface area contributed by atoms with Gasteiger partial charge in [0.2, 0.25) is 0 Å². The van der Waals surface area contributed by atoms with Gasteiger partial charge in [-0.05, 0) is 51.7 Å². The Morgan fingerprint density at radius 2 is 2.14 bits per heavy atom. The van der Waals surface area contributed by atoms with Crippen LogP contribution in [0, 0.1) is 5.92 Å². The number of hydrogen-bond donors (Lipinski definition) is 1. The molecule has 1 aliphatic carbocycles. The van der Waals surface area contributed by atoms with Gasteiger partial charge in [0, 0.05) is 12.1 Å². The Morgan fingerprint density at radius 3 is 2.86 bits per heavy atom. The fourth-order valence-corrected chi connectivity index (χ4v) is 2.61. The molecule has 1 saturated heterocycles. The van der Waals surface area contributed by atoms with E-state index in [1.807, 2.05) is 0 Å². The summed E-state index contributed by atoms with van der Waals surface area (Å²) in [7, 11) is 2.24. The Labute approximate surface area is 88.1 Å². The van der Waals surface area contributed by atoms with Gasteiger partial charge in [0.15, 0.2) is 0 Å². The Balaban J connectivity index is 1.70. The Bertz CT molecular complexity index is 181. The Morgan fingerprint density at radius 1 is 1.29 bits per heavy atom. The van der Waals surface area contributed by atoms with E-state index in [0.717, 1.165) is 18.0 Å². The molecule has 0 amide bonds. The van der Waals surface area contributed by atoms with E-state index in [1.54, 1.807) is 0 Å². The van der Waals surface area contributed by atoms with Crippen LogP contribution in [0.25, 0.3) is 0 Å². The highest BCUT2D eigenvalue weighted by atomic mass is 15.1. The van der Waals surface area contributed by atoms with E-state index in [4.69, 9.17) is 0 Å². The van der Waals surface area contributed by atoms with E-state index in [-0.39, 0.29) is 0 Å². The van der Waals surface area contributed by atoms with Crippen LogP contribution in [0.15, 0.2) is 0 Å². The van der Waals surface area contributed by atoms with Crippen molar-refractivity contribution in [2.24, 2.45) is 5.92 Å². The predicted molar refractivity (Wildman–Crippen MR) is 60.5 cm³/mol. The molecule has 82 valence electrons. The molecule has 1 heterocycles. The molecule has 0 radical (unpaired) electrons. The maximum Gasteiger partial charge on any atom is 0.0102 e. The molecule has 0 aromatic heterocycles. The second-order valence-corrected chi connectivity index (χ2v) is 5.11. The molecule has 2 heteroatoms. The van der Waals surface area contributed by atoms with Crippen LogP contribution in [0.1, 0.15) is 39.0 Å². The molecular formula is C12H24N2. The van der Waals surface area contributed by atoms with E-state index in [0.29, 0.717) is 0 Å². The lowest BCUT2D eigenvalue weighted by Gasteiger charge is -2.16. The third kappa shape index (κ3) is 2.71. The number of nitrogens with zero attached hydrogens (tertiary/aromatic N) is 1. The summed E-state index contributed by atoms with van der Waals surface area (Å²) in [5.74, 6) is 0.996. The van der Waals surface area contributed by atoms with Crippen LogP contribution in [-0.2, 0) is 0 Å². The van der Waals surface area contributed by atoms with Gasteiger partial charge in [0.25, 0.3) is 0 Å². The maximum absolute atomic E-state index is 3.83. The van der Waals surface area contributed by atoms with Crippen molar-refractivity contribution in [3.8, 4) is 0 Å². The zero-order chi connectivity index (χ0) is 9.97. The van der Waals surface area contributed by atoms with Gasteiger partial charge in [0.1, 0.15) is 0 Å². The predicted octanol–water partition coefficient (Wildman–Crippen LogP) is 1.86. The van der Waals surface area contributed by atoms with Crippen molar-refractivity contribution >= 4 is 0 Å². The van der Waals surface area contributed by atoms with Gasteiger partial charge in [-0.1, -0.05) is 13.3 Å². The van der Waals surface area contributed by atoms with Crippen LogP contribution < -0.4 is 5.32 Å². The van der Waals surface area contributed by atoms with Gasteiger partial charge >= 0.3 is 0 Å². The van der Waals surface area contributed by atoms with Crippen LogP contribution in [0.2, 0.25) is 0 Å². The van der Waals surface area contributed by atoms with Gasteiger partial charge in [-0.15, -0.1) is 0 Å². The first-order valence-electron chi connectivity index (χ1n) is 6.24. The van der Waals surface area contributed by atoms with Crippen LogP contribution in [0.3, 0.4) is 0 Å². The lowest BCUT2D eigenvalue weighted by molar-refractivity contribution is 0.343. The molecule has 3 unspecified atom stereocenters. The summed E-state index contributed by atoms with van der Waals surface area (Å²) in [5, 5.41) is 3.83. The van der Waals surface area contributed by atoms with Crippen molar-refractivity contribution in [2.45, 2.75) is 51.1 Å². The Kier molecular flexibility index (Phi) is 3.45. The fourth-order valence-electron chi connectivity index (χ4n) is 2.61. The first-order valence-corrected chi connectivity index (χ1v) is 6.24. The maximum atomic E-state index is 3.83. The molecule has 14 heavy (non-hydrogen) atoms. The molecule has 0 bridgehead atoms. The van der Waals surface area contributed by atoms with Gasteiger partial charge in [0.05, 0.1) is 0 Å². The molecule has 0 spiro atoms. The van der Waals surface area contributed by atoms with Crippen molar-refractivity contribution in [3.63, 3.8) is 0 Å². The third-order valence-electron chi connectivity index (χ3n) is 3.85. The van der Waals surface area contributed by atoms with Crippen molar-refractivity contribution in [1.82, 2.24) is 10.2 Å². The standard InChI is InChI=1S/C12H24N2/c1-3-10-9-12(10)13-11-5-4-7-14(2)8-6-11/h10-13H,3-9H2,1-2H3. The summed E-state index contributed by atoms with van der Waals surface area (Å²) in [6, 6.07) is 1.68. The molecule has 0 aromatic carbocycles. The summed E-state index contributed by atoms with van der Waals surface area (Å²) in [4.78, 5) is 2.46. The minimum atomic E-state index is 0.807. The van der Waals surface area contributed by atoms with E-state index < -0.39 is 0 Å². The first kappa shape index (κ1) is 10.4. The normalized spacial score (nSPS) is 39.4. The molecule has 2 fully saturated rings. The number of nitrogens with one attached hydrogen (secondary N) is 1. The van der Waals surface area contributed by atoms with Crippen molar-refractivity contribution in [2.75, 3.05) is 20.1 Å². The molecule has 1 aliphatic heterocycles. The van der Waals surface area contributed by atoms with Gasteiger partial charge in [-0.3, -0.25) is 0 Å². The zero-order valence-corrected chi connectivity index (χ0v) is 9.63. The SMILES string of the molecule is CCC1CC1NC1CCCN(C)CC1. The molecule has 2 aliphatic rings. The molecule has 2 nitrogen and oxygen atoms in total. The lowest BCUT2D eigenvalue weighted by atomic mass is 10.1. The highest BCUT2D eigenvalue weighted by Gasteiger charge is 2.36. The largest absolute Gasteiger partial charge is 0.311 e. The summed E-state index contributed by atoms with van der Waals surface area (Å²) in [5.41, 5.74) is 0. The van der Waals surface area contributed by atoms with Gasteiger partial charge in [-0.25, -0.2) is 0 Å². The average Bonchev–Trinajstić information content (AvgIpc) is 2.93. The van der Waals surface area contributed by atoms with Crippen LogP contribution in [0.4, 0.5) is 0 Å². The number of rotatable bonds is 3. The first-order chi connectivity index (χ1) is 6.79. The van der Waals surface area contributed by atoms with Crippen molar-refractivity contribution in [1.29, 1.82) is 0 Å². The summed E-state index contributed by atoms with van der Waals surface area (Å²) in [6.45, 7) is 4.88. The fraction of sp³-hybridized carbons (Fsp3) is 1.00. The average molecular weight is 196 g/mol. The monoisotopic (exact) mass is 196 g/mol. The Hall–Kier alpha value is -0.0800. The highest BCUT2D eigenvalue weighted by molar-refractivity contribution is 4.94. The van der Waals surface area contributed by atoms with E-state index in [2.05, 4.69) is 24.2 Å². The summed E-state index contributed by atoms with van der Waals surface area (Å²) >= 11 is 0. The van der Waals surface area contributed by atoms with Crippen molar-refractivity contribution < 1.29 is 0 Å². The number of hydrogen-bond acceptors (Lipinski definition) is 2. The lowest BCUT2D eigenvalue weighted by Crippen LogP contribution is -2.32. The van der Waals surface area contributed by atoms with Crippen LogP contribution in [0.5, 0.6) is 0 Å². The summed E-state index contributed by atoms with van der Waals surface area (Å²) in [6.07, 6.45) is 6.91. The number of likely N-dealkylation sites (tertiary alicyclic amines) is 1.